The zero-order valence-corrected chi connectivity index (χ0v) is 19.9. The van der Waals surface area contributed by atoms with Crippen molar-refractivity contribution in [1.29, 1.82) is 0 Å². The molecule has 3 heterocycles. The van der Waals surface area contributed by atoms with E-state index in [1.54, 1.807) is 10.8 Å². The largest absolute Gasteiger partial charge is 0.355 e. The summed E-state index contributed by atoms with van der Waals surface area (Å²) < 4.78 is 2.25. The van der Waals surface area contributed by atoms with Gasteiger partial charge in [0, 0.05) is 18.1 Å². The van der Waals surface area contributed by atoms with Crippen LogP contribution in [0.15, 0.2) is 88.9 Å². The molecule has 0 atom stereocenters. The first-order chi connectivity index (χ1) is 16.7. The third kappa shape index (κ3) is 4.88. The van der Waals surface area contributed by atoms with Gasteiger partial charge in [-0.15, -0.1) is 11.3 Å². The highest BCUT2D eigenvalue weighted by Gasteiger charge is 2.18. The normalized spacial score (nSPS) is 11.2. The third-order valence-corrected chi connectivity index (χ3v) is 7.48. The number of benzene rings is 2. The summed E-state index contributed by atoms with van der Waals surface area (Å²) in [6.45, 7) is 0.954. The number of hydrogen-bond donors (Lipinski definition) is 1. The predicted molar refractivity (Wildman–Crippen MR) is 139 cm³/mol. The summed E-state index contributed by atoms with van der Waals surface area (Å²) >= 11 is 2.65. The molecule has 0 aliphatic rings. The quantitative estimate of drug-likeness (QED) is 0.258. The molecule has 0 aliphatic heterocycles. The molecule has 34 heavy (non-hydrogen) atoms. The van der Waals surface area contributed by atoms with Gasteiger partial charge < -0.3 is 5.32 Å². The molecule has 1 amide bonds. The minimum Gasteiger partial charge on any atom is -0.355 e. The van der Waals surface area contributed by atoms with Crippen LogP contribution in [-0.2, 0) is 17.8 Å². The SMILES string of the molecule is O=C(CSc1nc2c(sc3ncccc32)c(=O)n1Cc1ccccc1)NCCc1ccccc1. The number of rotatable bonds is 8. The first kappa shape index (κ1) is 22.3. The van der Waals surface area contributed by atoms with Crippen LogP contribution >= 0.6 is 23.1 Å². The smallest absolute Gasteiger partial charge is 0.272 e. The number of carbonyl (C=O) groups is 1. The number of aromatic nitrogens is 3. The van der Waals surface area contributed by atoms with E-state index in [0.29, 0.717) is 28.5 Å². The molecule has 170 valence electrons. The van der Waals surface area contributed by atoms with E-state index in [1.165, 1.54) is 28.7 Å². The van der Waals surface area contributed by atoms with Crippen LogP contribution in [0.5, 0.6) is 0 Å². The third-order valence-electron chi connectivity index (χ3n) is 5.41. The molecule has 0 unspecified atom stereocenters. The van der Waals surface area contributed by atoms with Crippen LogP contribution in [0, 0.1) is 0 Å². The van der Waals surface area contributed by atoms with Crippen molar-refractivity contribution < 1.29 is 4.79 Å². The average Bonchev–Trinajstić information content (AvgIpc) is 3.25. The van der Waals surface area contributed by atoms with E-state index in [2.05, 4.69) is 10.3 Å². The number of thioether (sulfide) groups is 1. The van der Waals surface area contributed by atoms with E-state index < -0.39 is 0 Å². The Morgan fingerprint density at radius 3 is 2.47 bits per heavy atom. The van der Waals surface area contributed by atoms with E-state index in [4.69, 9.17) is 4.98 Å². The summed E-state index contributed by atoms with van der Waals surface area (Å²) in [6.07, 6.45) is 2.49. The number of thiophene rings is 1. The summed E-state index contributed by atoms with van der Waals surface area (Å²) in [5.74, 6) is 0.0976. The van der Waals surface area contributed by atoms with E-state index in [1.807, 2.05) is 72.8 Å². The Morgan fingerprint density at radius 2 is 1.71 bits per heavy atom. The van der Waals surface area contributed by atoms with Crippen LogP contribution in [0.1, 0.15) is 11.1 Å². The minimum absolute atomic E-state index is 0.0848. The van der Waals surface area contributed by atoms with Gasteiger partial charge in [0.25, 0.3) is 5.56 Å². The standard InChI is InChI=1S/C26H22N4O2S2/c31-21(27-15-13-18-8-3-1-4-9-18)17-33-26-29-22-20-12-7-14-28-24(20)34-23(22)25(32)30(26)16-19-10-5-2-6-11-19/h1-12,14H,13,15-17H2,(H,27,31). The first-order valence-electron chi connectivity index (χ1n) is 10.9. The molecular formula is C26H22N4O2S2. The summed E-state index contributed by atoms with van der Waals surface area (Å²) in [5.41, 5.74) is 2.72. The lowest BCUT2D eigenvalue weighted by Crippen LogP contribution is -2.28. The second kappa shape index (κ2) is 10.2. The van der Waals surface area contributed by atoms with Crippen LogP contribution in [0.2, 0.25) is 0 Å². The Morgan fingerprint density at radius 1 is 0.971 bits per heavy atom. The molecule has 2 aromatic carbocycles. The van der Waals surface area contributed by atoms with Crippen molar-refractivity contribution in [3.63, 3.8) is 0 Å². The van der Waals surface area contributed by atoms with Crippen molar-refractivity contribution in [2.45, 2.75) is 18.1 Å². The Kier molecular flexibility index (Phi) is 6.69. The zero-order chi connectivity index (χ0) is 23.3. The van der Waals surface area contributed by atoms with Gasteiger partial charge in [0.1, 0.15) is 9.53 Å². The fraction of sp³-hybridized carbons (Fsp3) is 0.154. The molecule has 0 radical (unpaired) electrons. The summed E-state index contributed by atoms with van der Waals surface area (Å²) in [5, 5.41) is 4.36. The van der Waals surface area contributed by atoms with Gasteiger partial charge >= 0.3 is 0 Å². The Balaban J connectivity index is 1.40. The van der Waals surface area contributed by atoms with Crippen molar-refractivity contribution in [1.82, 2.24) is 19.9 Å². The fourth-order valence-corrected chi connectivity index (χ4v) is 5.58. The molecule has 5 aromatic rings. The molecule has 0 saturated carbocycles. The van der Waals surface area contributed by atoms with E-state index >= 15 is 0 Å². The minimum atomic E-state index is -0.108. The van der Waals surface area contributed by atoms with Crippen molar-refractivity contribution >= 4 is 49.4 Å². The van der Waals surface area contributed by atoms with Crippen molar-refractivity contribution in [2.24, 2.45) is 0 Å². The number of hydrogen-bond acceptors (Lipinski definition) is 6. The van der Waals surface area contributed by atoms with Crippen molar-refractivity contribution in [3.8, 4) is 0 Å². The molecular weight excluding hydrogens is 464 g/mol. The monoisotopic (exact) mass is 486 g/mol. The van der Waals surface area contributed by atoms with E-state index in [-0.39, 0.29) is 17.2 Å². The molecule has 3 aromatic heterocycles. The summed E-state index contributed by atoms with van der Waals surface area (Å²) in [6, 6.07) is 23.6. The molecule has 0 spiro atoms. The van der Waals surface area contributed by atoms with E-state index in [0.717, 1.165) is 22.2 Å². The van der Waals surface area contributed by atoms with Gasteiger partial charge in [-0.1, -0.05) is 72.4 Å². The maximum Gasteiger partial charge on any atom is 0.272 e. The van der Waals surface area contributed by atoms with Gasteiger partial charge in [0.15, 0.2) is 5.16 Å². The summed E-state index contributed by atoms with van der Waals surface area (Å²) in [4.78, 5) is 36.0. The van der Waals surface area contributed by atoms with Gasteiger partial charge in [-0.3, -0.25) is 14.2 Å². The molecule has 6 nitrogen and oxygen atoms in total. The number of amides is 1. The molecule has 0 aliphatic carbocycles. The van der Waals surface area contributed by atoms with Gasteiger partial charge in [0.05, 0.1) is 17.8 Å². The Labute approximate surface area is 204 Å². The fourth-order valence-electron chi connectivity index (χ4n) is 3.73. The van der Waals surface area contributed by atoms with Gasteiger partial charge in [-0.25, -0.2) is 9.97 Å². The van der Waals surface area contributed by atoms with Crippen LogP contribution in [0.4, 0.5) is 0 Å². The molecule has 1 N–H and O–H groups in total. The highest BCUT2D eigenvalue weighted by Crippen LogP contribution is 2.30. The topological polar surface area (TPSA) is 76.9 Å². The van der Waals surface area contributed by atoms with Crippen LogP contribution < -0.4 is 10.9 Å². The van der Waals surface area contributed by atoms with Gasteiger partial charge in [-0.2, -0.15) is 0 Å². The maximum atomic E-state index is 13.5. The average molecular weight is 487 g/mol. The number of pyridine rings is 1. The lowest BCUT2D eigenvalue weighted by Gasteiger charge is -2.12. The number of carbonyl (C=O) groups excluding carboxylic acids is 1. The van der Waals surface area contributed by atoms with Gasteiger partial charge in [0.2, 0.25) is 5.91 Å². The number of nitrogens with zero attached hydrogens (tertiary/aromatic N) is 3. The Hall–Kier alpha value is -3.49. The molecule has 8 heteroatoms. The highest BCUT2D eigenvalue weighted by molar-refractivity contribution is 7.99. The lowest BCUT2D eigenvalue weighted by molar-refractivity contribution is -0.118. The van der Waals surface area contributed by atoms with Gasteiger partial charge in [-0.05, 0) is 29.7 Å². The van der Waals surface area contributed by atoms with Crippen LogP contribution in [0.25, 0.3) is 20.4 Å². The summed E-state index contributed by atoms with van der Waals surface area (Å²) in [7, 11) is 0. The number of nitrogens with one attached hydrogen (secondary N) is 1. The second-order valence-corrected chi connectivity index (χ2v) is 9.72. The predicted octanol–water partition coefficient (Wildman–Crippen LogP) is 4.51. The Bertz CT molecular complexity index is 1500. The van der Waals surface area contributed by atoms with Crippen molar-refractivity contribution in [2.75, 3.05) is 12.3 Å². The molecule has 0 fully saturated rings. The highest BCUT2D eigenvalue weighted by atomic mass is 32.2. The zero-order valence-electron chi connectivity index (χ0n) is 18.3. The van der Waals surface area contributed by atoms with Crippen LogP contribution in [-0.4, -0.2) is 32.7 Å². The second-order valence-electron chi connectivity index (χ2n) is 7.78. The molecule has 0 bridgehead atoms. The molecule has 0 saturated heterocycles. The molecule has 5 rings (SSSR count). The number of fused-ring (bicyclic) bond motifs is 3. The maximum absolute atomic E-state index is 13.5. The lowest BCUT2D eigenvalue weighted by atomic mass is 10.1. The van der Waals surface area contributed by atoms with Crippen LogP contribution in [0.3, 0.4) is 0 Å². The van der Waals surface area contributed by atoms with E-state index in [9.17, 15) is 9.59 Å². The van der Waals surface area contributed by atoms with Crippen molar-refractivity contribution in [3.05, 3.63) is 100 Å². The first-order valence-corrected chi connectivity index (χ1v) is 12.7.